The third kappa shape index (κ3) is 2.19. The summed E-state index contributed by atoms with van der Waals surface area (Å²) in [4.78, 5) is 4.59. The number of hydrogen-bond acceptors (Lipinski definition) is 2. The van der Waals surface area contributed by atoms with Crippen molar-refractivity contribution in [2.45, 2.75) is 34.6 Å². The summed E-state index contributed by atoms with van der Waals surface area (Å²) in [5.41, 5.74) is 8.11. The van der Waals surface area contributed by atoms with Gasteiger partial charge in [0.25, 0.3) is 0 Å². The number of rotatable bonds is 2. The van der Waals surface area contributed by atoms with Gasteiger partial charge in [-0.2, -0.15) is 0 Å². The van der Waals surface area contributed by atoms with E-state index in [1.807, 2.05) is 13.1 Å². The van der Waals surface area contributed by atoms with Crippen molar-refractivity contribution in [3.63, 3.8) is 0 Å². The van der Waals surface area contributed by atoms with Gasteiger partial charge in [0.05, 0.1) is 5.52 Å². The first-order valence-corrected chi connectivity index (χ1v) is 6.51. The van der Waals surface area contributed by atoms with Gasteiger partial charge in [-0.1, -0.05) is 12.1 Å². The van der Waals surface area contributed by atoms with Crippen LogP contribution in [0.15, 0.2) is 23.9 Å². The molecule has 0 saturated heterocycles. The number of benzene rings is 1. The zero-order valence-electron chi connectivity index (χ0n) is 12.3. The highest BCUT2D eigenvalue weighted by Crippen LogP contribution is 2.29. The smallest absolute Gasteiger partial charge is 0.0740 e. The number of nitrogens with zero attached hydrogens (tertiary/aromatic N) is 1. The molecule has 0 spiro atoms. The van der Waals surface area contributed by atoms with Crippen molar-refractivity contribution in [2.75, 3.05) is 0 Å². The van der Waals surface area contributed by atoms with Gasteiger partial charge in [0.15, 0.2) is 0 Å². The zero-order valence-corrected chi connectivity index (χ0v) is 12.3. The summed E-state index contributed by atoms with van der Waals surface area (Å²) >= 11 is 0. The van der Waals surface area contributed by atoms with Crippen LogP contribution in [0, 0.1) is 26.2 Å². The third-order valence-corrected chi connectivity index (χ3v) is 4.03. The van der Waals surface area contributed by atoms with Crippen LogP contribution in [0.25, 0.3) is 16.5 Å². The van der Waals surface area contributed by atoms with Crippen LogP contribution in [0.3, 0.4) is 0 Å². The van der Waals surface area contributed by atoms with E-state index in [-0.39, 0.29) is 0 Å². The molecule has 0 unspecified atom stereocenters. The first-order valence-electron chi connectivity index (χ1n) is 6.51. The standard InChI is InChI=1S/C17H20N2/c1-10(8-18)12(3)15-6-7-16-13(4)11(2)9-19-17(16)14(15)5/h6-9,18H,1-5H3/b12-10-,18-8?. The second kappa shape index (κ2) is 4.96. The van der Waals surface area contributed by atoms with Gasteiger partial charge in [-0.05, 0) is 68.0 Å². The van der Waals surface area contributed by atoms with E-state index in [1.54, 1.807) is 0 Å². The topological polar surface area (TPSA) is 36.7 Å². The molecule has 0 atom stereocenters. The van der Waals surface area contributed by atoms with E-state index in [0.717, 1.165) is 16.7 Å². The van der Waals surface area contributed by atoms with Crippen molar-refractivity contribution >= 4 is 22.7 Å². The van der Waals surface area contributed by atoms with Crippen LogP contribution in [-0.2, 0) is 0 Å². The molecule has 0 bridgehead atoms. The van der Waals surface area contributed by atoms with E-state index in [4.69, 9.17) is 5.41 Å². The maximum atomic E-state index is 7.39. The number of hydrogen-bond donors (Lipinski definition) is 1. The van der Waals surface area contributed by atoms with Crippen LogP contribution < -0.4 is 0 Å². The quantitative estimate of drug-likeness (QED) is 0.779. The Bertz CT molecular complexity index is 694. The Hall–Kier alpha value is -1.96. The van der Waals surface area contributed by atoms with Crippen molar-refractivity contribution < 1.29 is 0 Å². The summed E-state index contributed by atoms with van der Waals surface area (Å²) in [6.07, 6.45) is 3.35. The van der Waals surface area contributed by atoms with Crippen LogP contribution in [0.1, 0.15) is 36.1 Å². The lowest BCUT2D eigenvalue weighted by atomic mass is 9.94. The van der Waals surface area contributed by atoms with Crippen molar-refractivity contribution in [1.29, 1.82) is 5.41 Å². The van der Waals surface area contributed by atoms with Gasteiger partial charge in [-0.15, -0.1) is 0 Å². The normalized spacial score (nSPS) is 12.5. The average molecular weight is 252 g/mol. The Morgan fingerprint density at radius 1 is 1.11 bits per heavy atom. The van der Waals surface area contributed by atoms with Crippen LogP contribution in [0.2, 0.25) is 0 Å². The van der Waals surface area contributed by atoms with Crippen LogP contribution >= 0.6 is 0 Å². The molecule has 2 rings (SSSR count). The van der Waals surface area contributed by atoms with Gasteiger partial charge in [0.1, 0.15) is 0 Å². The third-order valence-electron chi connectivity index (χ3n) is 4.03. The summed E-state index contributed by atoms with van der Waals surface area (Å²) in [6, 6.07) is 4.29. The minimum atomic E-state index is 0.992. The number of aromatic nitrogens is 1. The molecule has 1 aromatic carbocycles. The maximum absolute atomic E-state index is 7.39. The van der Waals surface area contributed by atoms with E-state index in [0.29, 0.717) is 0 Å². The molecule has 98 valence electrons. The number of nitrogens with one attached hydrogen (secondary N) is 1. The van der Waals surface area contributed by atoms with Gasteiger partial charge in [-0.25, -0.2) is 0 Å². The van der Waals surface area contributed by atoms with Crippen LogP contribution in [0.4, 0.5) is 0 Å². The Labute approximate surface area is 114 Å². The minimum Gasteiger partial charge on any atom is -0.308 e. The van der Waals surface area contributed by atoms with E-state index in [2.05, 4.69) is 44.8 Å². The van der Waals surface area contributed by atoms with Gasteiger partial charge >= 0.3 is 0 Å². The Balaban J connectivity index is 2.79. The predicted octanol–water partition coefficient (Wildman–Crippen LogP) is 4.60. The highest BCUT2D eigenvalue weighted by atomic mass is 14.7. The molecular weight excluding hydrogens is 232 g/mol. The van der Waals surface area contributed by atoms with Crippen LogP contribution in [-0.4, -0.2) is 11.2 Å². The van der Waals surface area contributed by atoms with Crippen molar-refractivity contribution in [3.05, 3.63) is 46.2 Å². The number of allylic oxidation sites excluding steroid dienone is 2. The predicted molar refractivity (Wildman–Crippen MR) is 83.0 cm³/mol. The summed E-state index contributed by atoms with van der Waals surface area (Å²) in [5.74, 6) is 0. The lowest BCUT2D eigenvalue weighted by molar-refractivity contribution is 1.26. The number of aryl methyl sites for hydroxylation is 3. The Kier molecular flexibility index (Phi) is 3.52. The summed E-state index contributed by atoms with van der Waals surface area (Å²) < 4.78 is 0. The Morgan fingerprint density at radius 3 is 2.42 bits per heavy atom. The molecule has 0 fully saturated rings. The molecule has 1 aromatic heterocycles. The minimum absolute atomic E-state index is 0.992. The molecule has 0 amide bonds. The van der Waals surface area contributed by atoms with Gasteiger partial charge in [0, 0.05) is 17.8 Å². The Morgan fingerprint density at radius 2 is 1.79 bits per heavy atom. The van der Waals surface area contributed by atoms with Crippen LogP contribution in [0.5, 0.6) is 0 Å². The lowest BCUT2D eigenvalue weighted by Crippen LogP contribution is -1.95. The van der Waals surface area contributed by atoms with Gasteiger partial charge in [0.2, 0.25) is 0 Å². The fraction of sp³-hybridized carbons (Fsp3) is 0.294. The molecule has 2 nitrogen and oxygen atoms in total. The van der Waals surface area contributed by atoms with Crippen molar-refractivity contribution in [3.8, 4) is 0 Å². The fourth-order valence-corrected chi connectivity index (χ4v) is 2.37. The molecular formula is C17H20N2. The number of pyridine rings is 1. The lowest BCUT2D eigenvalue weighted by Gasteiger charge is -2.13. The first-order chi connectivity index (χ1) is 8.97. The fourth-order valence-electron chi connectivity index (χ4n) is 2.37. The molecule has 0 aliphatic rings. The molecule has 2 aromatic rings. The SMILES string of the molecule is C/C(C=N)=C(\C)c1ccc2c(C)c(C)cnc2c1C. The second-order valence-electron chi connectivity index (χ2n) is 5.15. The second-order valence-corrected chi connectivity index (χ2v) is 5.15. The molecule has 0 aliphatic heterocycles. The van der Waals surface area contributed by atoms with E-state index in [1.165, 1.54) is 33.9 Å². The summed E-state index contributed by atoms with van der Waals surface area (Å²) in [6.45, 7) is 10.4. The molecule has 19 heavy (non-hydrogen) atoms. The summed E-state index contributed by atoms with van der Waals surface area (Å²) in [7, 11) is 0. The van der Waals surface area contributed by atoms with E-state index in [9.17, 15) is 0 Å². The summed E-state index contributed by atoms with van der Waals surface area (Å²) in [5, 5.41) is 8.61. The highest BCUT2D eigenvalue weighted by molar-refractivity contribution is 5.94. The molecule has 0 saturated carbocycles. The highest BCUT2D eigenvalue weighted by Gasteiger charge is 2.10. The maximum Gasteiger partial charge on any atom is 0.0740 e. The molecule has 0 aliphatic carbocycles. The zero-order chi connectivity index (χ0) is 14.2. The molecule has 2 heteroatoms. The van der Waals surface area contributed by atoms with E-state index < -0.39 is 0 Å². The monoisotopic (exact) mass is 252 g/mol. The first kappa shape index (κ1) is 13.5. The molecule has 1 N–H and O–H groups in total. The molecule has 1 heterocycles. The van der Waals surface area contributed by atoms with Gasteiger partial charge < -0.3 is 5.41 Å². The largest absolute Gasteiger partial charge is 0.308 e. The number of fused-ring (bicyclic) bond motifs is 1. The molecule has 0 radical (unpaired) electrons. The van der Waals surface area contributed by atoms with E-state index >= 15 is 0 Å². The van der Waals surface area contributed by atoms with Crippen molar-refractivity contribution in [2.24, 2.45) is 0 Å². The van der Waals surface area contributed by atoms with Gasteiger partial charge in [-0.3, -0.25) is 4.98 Å². The average Bonchev–Trinajstić information content (AvgIpc) is 2.42. The van der Waals surface area contributed by atoms with Crippen molar-refractivity contribution in [1.82, 2.24) is 4.98 Å².